The fourth-order valence-electron chi connectivity index (χ4n) is 3.07. The van der Waals surface area contributed by atoms with Gasteiger partial charge < -0.3 is 14.8 Å². The summed E-state index contributed by atoms with van der Waals surface area (Å²) in [7, 11) is 3.17. The molecule has 9 heteroatoms. The van der Waals surface area contributed by atoms with E-state index in [1.165, 1.54) is 11.3 Å². The van der Waals surface area contributed by atoms with Gasteiger partial charge in [0.05, 0.1) is 18.9 Å². The Hall–Kier alpha value is -2.75. The topological polar surface area (TPSA) is 72.5 Å². The minimum atomic E-state index is -0.295. The Kier molecular flexibility index (Phi) is 5.85. The van der Waals surface area contributed by atoms with Gasteiger partial charge in [-0.1, -0.05) is 51.5 Å². The van der Waals surface area contributed by atoms with Gasteiger partial charge in [-0.25, -0.2) is 4.98 Å². The molecule has 152 valence electrons. The van der Waals surface area contributed by atoms with Gasteiger partial charge in [-0.3, -0.25) is 10.1 Å². The molecule has 2 N–H and O–H groups in total. The fourth-order valence-corrected chi connectivity index (χ4v) is 4.74. The number of ether oxygens (including phenoxy) is 2. The number of carbonyl (C=O) groups excluding carboxylic acids is 1. The first-order valence-corrected chi connectivity index (χ1v) is 10.8. The van der Waals surface area contributed by atoms with E-state index in [-0.39, 0.29) is 11.0 Å². The van der Waals surface area contributed by atoms with Crippen molar-refractivity contribution in [3.05, 3.63) is 58.6 Å². The van der Waals surface area contributed by atoms with Crippen LogP contribution in [0.25, 0.3) is 21.0 Å². The second-order valence-electron chi connectivity index (χ2n) is 6.24. The Balaban J connectivity index is 1.55. The molecule has 0 atom stereocenters. The van der Waals surface area contributed by atoms with Crippen molar-refractivity contribution in [1.29, 1.82) is 0 Å². The highest BCUT2D eigenvalue weighted by atomic mass is 79.9. The summed E-state index contributed by atoms with van der Waals surface area (Å²) in [6.45, 7) is 0. The van der Waals surface area contributed by atoms with Crippen LogP contribution in [-0.4, -0.2) is 30.2 Å². The van der Waals surface area contributed by atoms with Crippen molar-refractivity contribution >= 4 is 76.6 Å². The van der Waals surface area contributed by atoms with Crippen LogP contribution < -0.4 is 20.1 Å². The quantitative estimate of drug-likeness (QED) is 0.367. The number of aromatic nitrogens is 1. The first-order valence-electron chi connectivity index (χ1n) is 8.82. The fraction of sp³-hybridized carbons (Fsp3) is 0.0952. The normalized spacial score (nSPS) is 10.8. The molecule has 4 rings (SSSR count). The second-order valence-corrected chi connectivity index (χ2v) is 8.54. The number of carbonyl (C=O) groups is 1. The number of rotatable bonds is 4. The van der Waals surface area contributed by atoms with Crippen molar-refractivity contribution in [2.24, 2.45) is 0 Å². The summed E-state index contributed by atoms with van der Waals surface area (Å²) in [6.07, 6.45) is 0. The third-order valence-corrected chi connectivity index (χ3v) is 6.26. The number of anilines is 1. The van der Waals surface area contributed by atoms with Gasteiger partial charge in [-0.15, -0.1) is 0 Å². The molecule has 1 aromatic heterocycles. The van der Waals surface area contributed by atoms with Gasteiger partial charge in [0.2, 0.25) is 0 Å². The number of thiazole rings is 1. The summed E-state index contributed by atoms with van der Waals surface area (Å²) in [6, 6.07) is 14.9. The van der Waals surface area contributed by atoms with Crippen molar-refractivity contribution in [1.82, 2.24) is 10.3 Å². The highest BCUT2D eigenvalue weighted by molar-refractivity contribution is 9.10. The largest absolute Gasteiger partial charge is 0.497 e. The highest BCUT2D eigenvalue weighted by Gasteiger charge is 2.15. The van der Waals surface area contributed by atoms with E-state index in [1.54, 1.807) is 26.4 Å². The number of fused-ring (bicyclic) bond motifs is 2. The molecule has 0 fully saturated rings. The molecule has 0 saturated carbocycles. The average Bonchev–Trinajstić information content (AvgIpc) is 3.14. The van der Waals surface area contributed by atoms with Gasteiger partial charge in [-0.05, 0) is 41.2 Å². The molecule has 0 saturated heterocycles. The van der Waals surface area contributed by atoms with Crippen LogP contribution in [0.1, 0.15) is 10.4 Å². The molecule has 0 unspecified atom stereocenters. The average molecular weight is 502 g/mol. The van der Waals surface area contributed by atoms with E-state index in [2.05, 4.69) is 31.5 Å². The number of nitrogens with zero attached hydrogens (tertiary/aromatic N) is 1. The monoisotopic (exact) mass is 501 g/mol. The van der Waals surface area contributed by atoms with Gasteiger partial charge in [0.25, 0.3) is 5.91 Å². The van der Waals surface area contributed by atoms with Crippen molar-refractivity contribution in [3.63, 3.8) is 0 Å². The molecule has 1 heterocycles. The molecule has 4 aromatic rings. The number of thiocarbonyl (C=S) groups is 1. The van der Waals surface area contributed by atoms with Gasteiger partial charge in [0.1, 0.15) is 17.0 Å². The van der Waals surface area contributed by atoms with Crippen LogP contribution in [0.2, 0.25) is 0 Å². The van der Waals surface area contributed by atoms with Crippen molar-refractivity contribution < 1.29 is 14.3 Å². The van der Waals surface area contributed by atoms with E-state index < -0.39 is 0 Å². The smallest absolute Gasteiger partial charge is 0.258 e. The lowest BCUT2D eigenvalue weighted by Crippen LogP contribution is -2.34. The molecule has 6 nitrogen and oxygen atoms in total. The van der Waals surface area contributed by atoms with Crippen LogP contribution >= 0.6 is 39.5 Å². The number of nitrogens with one attached hydrogen (secondary N) is 2. The Bertz CT molecular complexity index is 1290. The SMILES string of the molecule is COc1cc(OC)c2nc(NC(=S)NC(=O)c3cccc4c(Br)cccc34)sc2c1. The minimum absolute atomic E-state index is 0.164. The molecule has 0 aliphatic carbocycles. The lowest BCUT2D eigenvalue weighted by atomic mass is 10.0. The summed E-state index contributed by atoms with van der Waals surface area (Å²) in [5.41, 5.74) is 1.23. The molecule has 0 aliphatic heterocycles. The van der Waals surface area contributed by atoms with Gasteiger partial charge >= 0.3 is 0 Å². The molecule has 0 radical (unpaired) electrons. The summed E-state index contributed by atoms with van der Waals surface area (Å²) >= 11 is 10.2. The third-order valence-electron chi connectivity index (χ3n) is 4.45. The van der Waals surface area contributed by atoms with E-state index in [1.807, 2.05) is 36.4 Å². The van der Waals surface area contributed by atoms with Crippen molar-refractivity contribution in [2.75, 3.05) is 19.5 Å². The molecule has 1 amide bonds. The Morgan fingerprint density at radius 2 is 1.87 bits per heavy atom. The predicted molar refractivity (Wildman–Crippen MR) is 128 cm³/mol. The van der Waals surface area contributed by atoms with E-state index >= 15 is 0 Å². The zero-order chi connectivity index (χ0) is 21.3. The molecule has 0 bridgehead atoms. The zero-order valence-electron chi connectivity index (χ0n) is 16.0. The number of hydrogen-bond acceptors (Lipinski definition) is 6. The van der Waals surface area contributed by atoms with Crippen LogP contribution in [0.4, 0.5) is 5.13 Å². The first kappa shape index (κ1) is 20.5. The molecule has 0 spiro atoms. The second kappa shape index (κ2) is 8.55. The zero-order valence-corrected chi connectivity index (χ0v) is 19.2. The number of halogens is 1. The molecule has 3 aromatic carbocycles. The Labute approximate surface area is 190 Å². The summed E-state index contributed by atoms with van der Waals surface area (Å²) < 4.78 is 12.5. The third kappa shape index (κ3) is 3.96. The number of benzene rings is 3. The molecular formula is C21H16BrN3O3S2. The van der Waals surface area contributed by atoms with Gasteiger partial charge in [0.15, 0.2) is 10.2 Å². The van der Waals surface area contributed by atoms with Gasteiger partial charge in [0, 0.05) is 16.1 Å². The maximum atomic E-state index is 12.8. The maximum Gasteiger partial charge on any atom is 0.258 e. The first-order chi connectivity index (χ1) is 14.5. The predicted octanol–water partition coefficient (Wildman–Crippen LogP) is 5.36. The van der Waals surface area contributed by atoms with Crippen LogP contribution in [0, 0.1) is 0 Å². The van der Waals surface area contributed by atoms with E-state index in [0.29, 0.717) is 27.7 Å². The highest BCUT2D eigenvalue weighted by Crippen LogP contribution is 2.36. The van der Waals surface area contributed by atoms with E-state index in [0.717, 1.165) is 19.9 Å². The summed E-state index contributed by atoms with van der Waals surface area (Å²) in [5.74, 6) is 0.981. The van der Waals surface area contributed by atoms with Crippen LogP contribution in [-0.2, 0) is 0 Å². The number of amides is 1. The lowest BCUT2D eigenvalue weighted by molar-refractivity contribution is 0.0979. The summed E-state index contributed by atoms with van der Waals surface area (Å²) in [4.78, 5) is 17.3. The number of hydrogen-bond donors (Lipinski definition) is 2. The lowest BCUT2D eigenvalue weighted by Gasteiger charge is -2.10. The molecular weight excluding hydrogens is 486 g/mol. The van der Waals surface area contributed by atoms with Crippen LogP contribution in [0.5, 0.6) is 11.5 Å². The van der Waals surface area contributed by atoms with Gasteiger partial charge in [-0.2, -0.15) is 0 Å². The van der Waals surface area contributed by atoms with Crippen molar-refractivity contribution in [2.45, 2.75) is 0 Å². The van der Waals surface area contributed by atoms with Crippen LogP contribution in [0.3, 0.4) is 0 Å². The summed E-state index contributed by atoms with van der Waals surface area (Å²) in [5, 5.41) is 8.21. The molecule has 30 heavy (non-hydrogen) atoms. The van der Waals surface area contributed by atoms with E-state index in [9.17, 15) is 4.79 Å². The Morgan fingerprint density at radius 1 is 1.10 bits per heavy atom. The minimum Gasteiger partial charge on any atom is -0.497 e. The Morgan fingerprint density at radius 3 is 2.63 bits per heavy atom. The van der Waals surface area contributed by atoms with E-state index in [4.69, 9.17) is 21.7 Å². The van der Waals surface area contributed by atoms with Crippen molar-refractivity contribution in [3.8, 4) is 11.5 Å². The van der Waals surface area contributed by atoms with Crippen LogP contribution in [0.15, 0.2) is 53.0 Å². The number of methoxy groups -OCH3 is 2. The maximum absolute atomic E-state index is 12.8. The standard InChI is InChI=1S/C21H16BrN3O3S2/c1-27-11-9-16(28-2)18-17(10-11)30-21(23-18)25-20(29)24-19(26)14-7-3-6-13-12(14)5-4-8-15(13)22/h3-10H,1-2H3,(H2,23,24,25,26,29). The molecule has 0 aliphatic rings.